The Bertz CT molecular complexity index is 797. The molecule has 0 saturated carbocycles. The van der Waals surface area contributed by atoms with Gasteiger partial charge < -0.3 is 24.4 Å². The molecule has 1 saturated heterocycles. The topological polar surface area (TPSA) is 60.0 Å². The van der Waals surface area contributed by atoms with Gasteiger partial charge in [-0.05, 0) is 42.0 Å². The Morgan fingerprint density at radius 1 is 1.15 bits per heavy atom. The van der Waals surface area contributed by atoms with E-state index in [1.807, 2.05) is 18.2 Å². The fraction of sp³-hybridized carbons (Fsp3) is 0.316. The van der Waals surface area contributed by atoms with E-state index in [0.29, 0.717) is 36.9 Å². The Kier molecular flexibility index (Phi) is 6.15. The quantitative estimate of drug-likeness (QED) is 0.863. The zero-order chi connectivity index (χ0) is 17.9. The van der Waals surface area contributed by atoms with E-state index >= 15 is 0 Å². The van der Waals surface area contributed by atoms with Gasteiger partial charge in [0.2, 0.25) is 6.79 Å². The average Bonchev–Trinajstić information content (AvgIpc) is 3.15. The number of carbonyl (C=O) groups is 1. The highest BCUT2D eigenvalue weighted by Crippen LogP contribution is 2.33. The summed E-state index contributed by atoms with van der Waals surface area (Å²) >= 11 is 0. The summed E-state index contributed by atoms with van der Waals surface area (Å²) in [5.41, 5.74) is 1.50. The third kappa shape index (κ3) is 4.32. The minimum absolute atomic E-state index is 0. The van der Waals surface area contributed by atoms with Gasteiger partial charge in [-0.1, -0.05) is 6.07 Å². The first-order valence-electron chi connectivity index (χ1n) is 8.48. The summed E-state index contributed by atoms with van der Waals surface area (Å²) in [5, 5.41) is 3.16. The minimum Gasteiger partial charge on any atom is -0.454 e. The fourth-order valence-electron chi connectivity index (χ4n) is 3.04. The van der Waals surface area contributed by atoms with Gasteiger partial charge >= 0.3 is 0 Å². The van der Waals surface area contributed by atoms with E-state index in [4.69, 9.17) is 14.2 Å². The van der Waals surface area contributed by atoms with Gasteiger partial charge in [-0.3, -0.25) is 4.79 Å². The Balaban J connectivity index is 0.00000210. The van der Waals surface area contributed by atoms with Gasteiger partial charge in [0.05, 0.1) is 13.2 Å². The van der Waals surface area contributed by atoms with E-state index < -0.39 is 6.10 Å². The first-order valence-corrected chi connectivity index (χ1v) is 8.48. The van der Waals surface area contributed by atoms with E-state index in [0.717, 1.165) is 12.1 Å². The van der Waals surface area contributed by atoms with Crippen molar-refractivity contribution in [3.05, 3.63) is 53.8 Å². The van der Waals surface area contributed by atoms with Crippen molar-refractivity contribution < 1.29 is 23.4 Å². The van der Waals surface area contributed by atoms with Crippen molar-refractivity contribution in [1.82, 2.24) is 5.32 Å². The zero-order valence-electron chi connectivity index (χ0n) is 14.5. The van der Waals surface area contributed by atoms with E-state index in [-0.39, 0.29) is 30.9 Å². The first-order chi connectivity index (χ1) is 12.7. The third-order valence-electron chi connectivity index (χ3n) is 4.39. The van der Waals surface area contributed by atoms with Crippen LogP contribution in [0.15, 0.2) is 42.5 Å². The van der Waals surface area contributed by atoms with Crippen LogP contribution in [0.25, 0.3) is 0 Å². The number of anilines is 1. The highest BCUT2D eigenvalue weighted by molar-refractivity contribution is 5.96. The highest BCUT2D eigenvalue weighted by atomic mass is 35.5. The molecule has 0 radical (unpaired) electrons. The number of rotatable bonds is 4. The van der Waals surface area contributed by atoms with Crippen LogP contribution in [0.2, 0.25) is 0 Å². The molecule has 0 bridgehead atoms. The lowest BCUT2D eigenvalue weighted by atomic mass is 10.1. The monoisotopic (exact) mass is 394 g/mol. The maximum Gasteiger partial charge on any atom is 0.257 e. The first kappa shape index (κ1) is 19.4. The largest absolute Gasteiger partial charge is 0.454 e. The number of amides is 1. The molecule has 0 spiro atoms. The molecule has 1 N–H and O–H groups in total. The molecule has 1 amide bonds. The molecule has 6 nitrogen and oxygen atoms in total. The van der Waals surface area contributed by atoms with Crippen LogP contribution < -0.4 is 19.7 Å². The number of hydrogen-bond donors (Lipinski definition) is 1. The summed E-state index contributed by atoms with van der Waals surface area (Å²) in [6.45, 7) is 2.18. The second-order valence-electron chi connectivity index (χ2n) is 6.15. The molecule has 8 heteroatoms. The molecule has 2 aromatic rings. The summed E-state index contributed by atoms with van der Waals surface area (Å²) < 4.78 is 29.7. The smallest absolute Gasteiger partial charge is 0.257 e. The SMILES string of the molecule is Cl.O=C([C@H]1CNCCO1)N(Cc1ccc2c(c1)OCO2)c1ccc(F)cc1. The molecule has 2 aliphatic heterocycles. The van der Waals surface area contributed by atoms with Crippen LogP contribution in [0, 0.1) is 5.82 Å². The molecule has 2 aromatic carbocycles. The number of halogens is 2. The predicted octanol–water partition coefficient (Wildman–Crippen LogP) is 2.50. The van der Waals surface area contributed by atoms with Crippen molar-refractivity contribution >= 4 is 24.0 Å². The van der Waals surface area contributed by atoms with Gasteiger partial charge in [0.1, 0.15) is 11.9 Å². The van der Waals surface area contributed by atoms with Gasteiger partial charge in [-0.15, -0.1) is 12.4 Å². The Morgan fingerprint density at radius 3 is 2.67 bits per heavy atom. The number of fused-ring (bicyclic) bond motifs is 1. The number of carbonyl (C=O) groups excluding carboxylic acids is 1. The van der Waals surface area contributed by atoms with Gasteiger partial charge in [-0.2, -0.15) is 0 Å². The van der Waals surface area contributed by atoms with Crippen molar-refractivity contribution in [2.45, 2.75) is 12.6 Å². The van der Waals surface area contributed by atoms with Gasteiger partial charge in [0.25, 0.3) is 5.91 Å². The maximum atomic E-state index is 13.3. The number of hydrogen-bond acceptors (Lipinski definition) is 5. The molecule has 0 aromatic heterocycles. The number of benzene rings is 2. The van der Waals surface area contributed by atoms with Gasteiger partial charge in [-0.25, -0.2) is 4.39 Å². The summed E-state index contributed by atoms with van der Waals surface area (Å²) in [6.07, 6.45) is -0.567. The molecule has 27 heavy (non-hydrogen) atoms. The predicted molar refractivity (Wildman–Crippen MR) is 100 cm³/mol. The molecule has 0 aliphatic carbocycles. The minimum atomic E-state index is -0.567. The standard InChI is InChI=1S/C19H19FN2O4.ClH/c20-14-2-4-15(5-3-14)22(19(23)18-10-21-7-8-24-18)11-13-1-6-16-17(9-13)26-12-25-16;/h1-6,9,18,21H,7-8,10-12H2;1H/t18-;/m1./s1. The van der Waals surface area contributed by atoms with Crippen molar-refractivity contribution in [2.24, 2.45) is 0 Å². The lowest BCUT2D eigenvalue weighted by Crippen LogP contribution is -2.49. The molecule has 1 atom stereocenters. The van der Waals surface area contributed by atoms with Crippen LogP contribution >= 0.6 is 12.4 Å². The van der Waals surface area contributed by atoms with Crippen LogP contribution in [0.3, 0.4) is 0 Å². The highest BCUT2D eigenvalue weighted by Gasteiger charge is 2.28. The molecular formula is C19H20ClFN2O4. The normalized spacial score (nSPS) is 17.9. The van der Waals surface area contributed by atoms with Gasteiger partial charge in [0, 0.05) is 18.8 Å². The second kappa shape index (κ2) is 8.56. The molecule has 0 unspecified atom stereocenters. The lowest BCUT2D eigenvalue weighted by molar-refractivity contribution is -0.131. The van der Waals surface area contributed by atoms with Crippen LogP contribution in [-0.4, -0.2) is 38.5 Å². The van der Waals surface area contributed by atoms with Crippen molar-refractivity contribution in [2.75, 3.05) is 31.4 Å². The second-order valence-corrected chi connectivity index (χ2v) is 6.15. The van der Waals surface area contributed by atoms with Crippen LogP contribution in [0.4, 0.5) is 10.1 Å². The number of morpholine rings is 1. The molecule has 144 valence electrons. The van der Waals surface area contributed by atoms with Crippen molar-refractivity contribution in [3.63, 3.8) is 0 Å². The Morgan fingerprint density at radius 2 is 1.93 bits per heavy atom. The fourth-order valence-corrected chi connectivity index (χ4v) is 3.04. The van der Waals surface area contributed by atoms with E-state index in [9.17, 15) is 9.18 Å². The van der Waals surface area contributed by atoms with E-state index in [1.165, 1.54) is 12.1 Å². The summed E-state index contributed by atoms with van der Waals surface area (Å²) in [7, 11) is 0. The molecule has 2 aliphatic rings. The summed E-state index contributed by atoms with van der Waals surface area (Å²) in [4.78, 5) is 14.6. The average molecular weight is 395 g/mol. The van der Waals surface area contributed by atoms with Crippen molar-refractivity contribution in [1.29, 1.82) is 0 Å². The summed E-state index contributed by atoms with van der Waals surface area (Å²) in [6, 6.07) is 11.4. The summed E-state index contributed by atoms with van der Waals surface area (Å²) in [5.74, 6) is 0.832. The van der Waals surface area contributed by atoms with Crippen LogP contribution in [0.1, 0.15) is 5.56 Å². The van der Waals surface area contributed by atoms with E-state index in [1.54, 1.807) is 17.0 Å². The molecule has 1 fully saturated rings. The van der Waals surface area contributed by atoms with Crippen LogP contribution in [0.5, 0.6) is 11.5 Å². The lowest BCUT2D eigenvalue weighted by Gasteiger charge is -2.30. The Hall–Kier alpha value is -2.35. The molecule has 4 rings (SSSR count). The molecule has 2 heterocycles. The van der Waals surface area contributed by atoms with E-state index in [2.05, 4.69) is 5.32 Å². The molecular weight excluding hydrogens is 375 g/mol. The van der Waals surface area contributed by atoms with Crippen LogP contribution in [-0.2, 0) is 16.1 Å². The van der Waals surface area contributed by atoms with Gasteiger partial charge in [0.15, 0.2) is 11.5 Å². The number of nitrogens with zero attached hydrogens (tertiary/aromatic N) is 1. The number of ether oxygens (including phenoxy) is 3. The third-order valence-corrected chi connectivity index (χ3v) is 4.39. The maximum absolute atomic E-state index is 13.3. The van der Waals surface area contributed by atoms with Crippen molar-refractivity contribution in [3.8, 4) is 11.5 Å². The zero-order valence-corrected chi connectivity index (χ0v) is 15.3. The number of nitrogens with one attached hydrogen (secondary N) is 1. The Labute approximate surface area is 162 Å².